The first kappa shape index (κ1) is 16.0. The second kappa shape index (κ2) is 8.18. The minimum atomic E-state index is -0.293. The van der Waals surface area contributed by atoms with E-state index in [4.69, 9.17) is 5.26 Å². The molecular formula is C17H21N3O2. The van der Waals surface area contributed by atoms with Crippen molar-refractivity contribution in [2.45, 2.75) is 45.1 Å². The molecule has 0 saturated heterocycles. The number of amides is 2. The van der Waals surface area contributed by atoms with Crippen LogP contribution >= 0.6 is 0 Å². The minimum Gasteiger partial charge on any atom is -0.351 e. The molecule has 1 aromatic carbocycles. The number of rotatable bonds is 6. The van der Waals surface area contributed by atoms with Crippen molar-refractivity contribution in [3.8, 4) is 6.07 Å². The molecule has 1 saturated carbocycles. The predicted molar refractivity (Wildman–Crippen MR) is 83.7 cm³/mol. The maximum Gasteiger partial charge on any atom is 0.234 e. The lowest BCUT2D eigenvalue weighted by Gasteiger charge is -2.11. The first-order valence-corrected chi connectivity index (χ1v) is 7.70. The van der Waals surface area contributed by atoms with E-state index in [1.165, 1.54) is 12.8 Å². The lowest BCUT2D eigenvalue weighted by molar-refractivity contribution is -0.120. The van der Waals surface area contributed by atoms with E-state index in [1.54, 1.807) is 6.07 Å². The van der Waals surface area contributed by atoms with E-state index in [0.717, 1.165) is 24.1 Å². The van der Waals surface area contributed by atoms with Gasteiger partial charge in [-0.2, -0.15) is 5.26 Å². The third-order valence-corrected chi connectivity index (χ3v) is 3.89. The number of carbonyl (C=O) groups excluding carboxylic acids is 2. The number of carbonyl (C=O) groups is 2. The van der Waals surface area contributed by atoms with Crippen LogP contribution in [0.1, 0.15) is 44.1 Å². The van der Waals surface area contributed by atoms with Gasteiger partial charge in [0.2, 0.25) is 11.8 Å². The summed E-state index contributed by atoms with van der Waals surface area (Å²) in [7, 11) is 0. The van der Waals surface area contributed by atoms with Crippen molar-refractivity contribution in [3.05, 3.63) is 29.8 Å². The molecule has 0 atom stereocenters. The van der Waals surface area contributed by atoms with Gasteiger partial charge < -0.3 is 10.6 Å². The largest absolute Gasteiger partial charge is 0.351 e. The number of nitriles is 1. The highest BCUT2D eigenvalue weighted by atomic mass is 16.2. The molecule has 0 aromatic heterocycles. The molecule has 1 aromatic rings. The van der Waals surface area contributed by atoms with Gasteiger partial charge in [0.1, 0.15) is 6.42 Å². The van der Waals surface area contributed by atoms with Gasteiger partial charge in [0.05, 0.1) is 6.07 Å². The highest BCUT2D eigenvalue weighted by Gasteiger charge is 2.18. The molecule has 0 radical (unpaired) electrons. The van der Waals surface area contributed by atoms with Crippen molar-refractivity contribution >= 4 is 17.5 Å². The molecule has 1 aliphatic rings. The smallest absolute Gasteiger partial charge is 0.234 e. The fourth-order valence-electron chi connectivity index (χ4n) is 2.78. The van der Waals surface area contributed by atoms with Gasteiger partial charge in [-0.1, -0.05) is 25.0 Å². The number of hydrogen-bond donors (Lipinski definition) is 2. The molecule has 2 amide bonds. The number of nitrogens with one attached hydrogen (secondary N) is 2. The summed E-state index contributed by atoms with van der Waals surface area (Å²) in [6, 6.07) is 9.21. The summed E-state index contributed by atoms with van der Waals surface area (Å²) in [5, 5.41) is 14.0. The molecule has 5 nitrogen and oxygen atoms in total. The average molecular weight is 299 g/mol. The Bertz CT molecular complexity index is 572. The summed E-state index contributed by atoms with van der Waals surface area (Å²) in [5.74, 6) is 0.282. The predicted octanol–water partition coefficient (Wildman–Crippen LogP) is 2.74. The van der Waals surface area contributed by atoms with Gasteiger partial charge in [0.15, 0.2) is 0 Å². The van der Waals surface area contributed by atoms with E-state index in [1.807, 2.05) is 24.3 Å². The van der Waals surface area contributed by atoms with E-state index in [2.05, 4.69) is 10.6 Å². The van der Waals surface area contributed by atoms with Crippen LogP contribution in [0, 0.1) is 17.2 Å². The average Bonchev–Trinajstić information content (AvgIpc) is 2.98. The number of nitrogens with zero attached hydrogens (tertiary/aromatic N) is 1. The van der Waals surface area contributed by atoms with Crippen LogP contribution in [0.25, 0.3) is 0 Å². The number of hydrogen-bond acceptors (Lipinski definition) is 3. The maximum absolute atomic E-state index is 12.0. The van der Waals surface area contributed by atoms with Crippen molar-refractivity contribution in [2.24, 2.45) is 5.92 Å². The molecule has 5 heteroatoms. The van der Waals surface area contributed by atoms with Crippen molar-refractivity contribution < 1.29 is 9.59 Å². The Morgan fingerprint density at radius 3 is 2.73 bits per heavy atom. The number of benzene rings is 1. The molecule has 1 fully saturated rings. The highest BCUT2D eigenvalue weighted by Crippen LogP contribution is 2.27. The van der Waals surface area contributed by atoms with Crippen LogP contribution in [0.15, 0.2) is 24.3 Å². The summed E-state index contributed by atoms with van der Waals surface area (Å²) in [6.45, 7) is 0.354. The molecule has 0 spiro atoms. The second-order valence-corrected chi connectivity index (χ2v) is 5.71. The van der Waals surface area contributed by atoms with Crippen molar-refractivity contribution in [2.75, 3.05) is 5.32 Å². The van der Waals surface area contributed by atoms with Gasteiger partial charge in [-0.25, -0.2) is 0 Å². The molecule has 0 unspecified atom stereocenters. The van der Waals surface area contributed by atoms with Crippen LogP contribution in [-0.2, 0) is 16.1 Å². The van der Waals surface area contributed by atoms with Gasteiger partial charge >= 0.3 is 0 Å². The zero-order chi connectivity index (χ0) is 15.8. The first-order chi connectivity index (χ1) is 10.7. The van der Waals surface area contributed by atoms with Crippen LogP contribution in [0.2, 0.25) is 0 Å². The fourth-order valence-corrected chi connectivity index (χ4v) is 2.78. The molecule has 0 bridgehead atoms. The van der Waals surface area contributed by atoms with Gasteiger partial charge in [0, 0.05) is 18.7 Å². The summed E-state index contributed by atoms with van der Waals surface area (Å²) in [5.41, 5.74) is 1.64. The summed E-state index contributed by atoms with van der Waals surface area (Å²) < 4.78 is 0. The van der Waals surface area contributed by atoms with E-state index < -0.39 is 0 Å². The Kier molecular flexibility index (Phi) is 5.96. The van der Waals surface area contributed by atoms with Crippen LogP contribution in [0.3, 0.4) is 0 Å². The van der Waals surface area contributed by atoms with Crippen LogP contribution in [-0.4, -0.2) is 11.8 Å². The monoisotopic (exact) mass is 299 g/mol. The fraction of sp³-hybridized carbons (Fsp3) is 0.471. The Hall–Kier alpha value is -2.35. The zero-order valence-corrected chi connectivity index (χ0v) is 12.6. The standard InChI is InChI=1S/C17H21N3O2/c18-9-8-16(21)19-12-14-6-3-7-15(10-14)20-17(22)11-13-4-1-2-5-13/h3,6-7,10,13H,1-2,4-5,8,11-12H2,(H,19,21)(H,20,22). The Labute approximate surface area is 130 Å². The highest BCUT2D eigenvalue weighted by molar-refractivity contribution is 5.90. The van der Waals surface area contributed by atoms with Gasteiger partial charge in [-0.3, -0.25) is 9.59 Å². The van der Waals surface area contributed by atoms with Gasteiger partial charge in [-0.15, -0.1) is 0 Å². The second-order valence-electron chi connectivity index (χ2n) is 5.71. The molecule has 1 aliphatic carbocycles. The minimum absolute atomic E-state index is 0.0533. The third-order valence-electron chi connectivity index (χ3n) is 3.89. The van der Waals surface area contributed by atoms with E-state index in [9.17, 15) is 9.59 Å². The first-order valence-electron chi connectivity index (χ1n) is 7.70. The molecule has 0 heterocycles. The van der Waals surface area contributed by atoms with Gasteiger partial charge in [-0.05, 0) is 36.5 Å². The van der Waals surface area contributed by atoms with Crippen LogP contribution in [0.5, 0.6) is 0 Å². The topological polar surface area (TPSA) is 82.0 Å². The van der Waals surface area contributed by atoms with E-state index >= 15 is 0 Å². The van der Waals surface area contributed by atoms with Crippen LogP contribution in [0.4, 0.5) is 5.69 Å². The lowest BCUT2D eigenvalue weighted by atomic mass is 10.0. The Balaban J connectivity index is 1.83. The molecule has 2 rings (SSSR count). The van der Waals surface area contributed by atoms with Gasteiger partial charge in [0.25, 0.3) is 0 Å². The molecule has 2 N–H and O–H groups in total. The summed E-state index contributed by atoms with van der Waals surface area (Å²) in [6.07, 6.45) is 5.21. The summed E-state index contributed by atoms with van der Waals surface area (Å²) >= 11 is 0. The van der Waals surface area contributed by atoms with E-state index in [0.29, 0.717) is 18.9 Å². The SMILES string of the molecule is N#CCC(=O)NCc1cccc(NC(=O)CC2CCCC2)c1. The van der Waals surface area contributed by atoms with Crippen molar-refractivity contribution in [1.82, 2.24) is 5.32 Å². The third kappa shape index (κ3) is 5.21. The summed E-state index contributed by atoms with van der Waals surface area (Å²) in [4.78, 5) is 23.3. The Morgan fingerprint density at radius 1 is 1.23 bits per heavy atom. The molecule has 0 aliphatic heterocycles. The molecule has 22 heavy (non-hydrogen) atoms. The molecular weight excluding hydrogens is 278 g/mol. The normalized spacial score (nSPS) is 14.3. The zero-order valence-electron chi connectivity index (χ0n) is 12.6. The number of anilines is 1. The van der Waals surface area contributed by atoms with Crippen molar-refractivity contribution in [1.29, 1.82) is 5.26 Å². The lowest BCUT2D eigenvalue weighted by Crippen LogP contribution is -2.22. The Morgan fingerprint density at radius 2 is 2.00 bits per heavy atom. The molecule has 116 valence electrons. The quantitative estimate of drug-likeness (QED) is 0.847. The van der Waals surface area contributed by atoms with Crippen LogP contribution < -0.4 is 10.6 Å². The van der Waals surface area contributed by atoms with Crippen molar-refractivity contribution in [3.63, 3.8) is 0 Å². The van der Waals surface area contributed by atoms with E-state index in [-0.39, 0.29) is 18.2 Å². The maximum atomic E-state index is 12.0.